The number of piperidine rings is 1. The van der Waals surface area contributed by atoms with E-state index in [1.54, 1.807) is 7.11 Å². The average molecular weight is 325 g/mol. The third kappa shape index (κ3) is 5.59. The van der Waals surface area contributed by atoms with Gasteiger partial charge in [0.15, 0.2) is 0 Å². The fourth-order valence-electron chi connectivity index (χ4n) is 2.85. The molecule has 0 spiro atoms. The van der Waals surface area contributed by atoms with Crippen molar-refractivity contribution in [3.8, 4) is 0 Å². The summed E-state index contributed by atoms with van der Waals surface area (Å²) in [5, 5.41) is 7.18. The van der Waals surface area contributed by atoms with Gasteiger partial charge in [0.2, 0.25) is 5.91 Å². The lowest BCUT2D eigenvalue weighted by Gasteiger charge is -2.24. The van der Waals surface area contributed by atoms with E-state index in [0.29, 0.717) is 24.0 Å². The molecular weight excluding hydrogens is 300 g/mol. The van der Waals surface area contributed by atoms with Crippen LogP contribution in [0.15, 0.2) is 24.3 Å². The van der Waals surface area contributed by atoms with Crippen molar-refractivity contribution in [2.75, 3.05) is 26.8 Å². The second-order valence-electron chi connectivity index (χ2n) is 5.85. The zero-order chi connectivity index (χ0) is 15.8. The summed E-state index contributed by atoms with van der Waals surface area (Å²) in [4.78, 5) is 12.3. The number of carbonyl (C=O) groups is 1. The molecule has 0 radical (unpaired) electrons. The molecule has 0 saturated carbocycles. The van der Waals surface area contributed by atoms with Crippen molar-refractivity contribution in [3.63, 3.8) is 0 Å². The van der Waals surface area contributed by atoms with Crippen molar-refractivity contribution in [2.24, 2.45) is 5.92 Å². The molecule has 1 aliphatic rings. The lowest BCUT2D eigenvalue weighted by molar-refractivity contribution is -0.123. The van der Waals surface area contributed by atoms with E-state index in [-0.39, 0.29) is 11.9 Å². The minimum Gasteiger partial charge on any atom is -0.385 e. The first-order chi connectivity index (χ1) is 10.7. The van der Waals surface area contributed by atoms with Gasteiger partial charge in [-0.3, -0.25) is 4.79 Å². The van der Waals surface area contributed by atoms with Gasteiger partial charge in [-0.25, -0.2) is 0 Å². The molecule has 1 aromatic rings. The van der Waals surface area contributed by atoms with Gasteiger partial charge in [-0.1, -0.05) is 23.7 Å². The van der Waals surface area contributed by atoms with Crippen LogP contribution in [0.3, 0.4) is 0 Å². The van der Waals surface area contributed by atoms with Crippen LogP contribution >= 0.6 is 11.6 Å². The number of ether oxygens (including phenoxy) is 1. The van der Waals surface area contributed by atoms with Crippen LogP contribution in [0.1, 0.15) is 37.3 Å². The summed E-state index contributed by atoms with van der Waals surface area (Å²) in [7, 11) is 1.68. The van der Waals surface area contributed by atoms with Gasteiger partial charge in [-0.15, -0.1) is 0 Å². The maximum Gasteiger partial charge on any atom is 0.220 e. The van der Waals surface area contributed by atoms with Crippen LogP contribution in [0.4, 0.5) is 0 Å². The Balaban J connectivity index is 1.93. The van der Waals surface area contributed by atoms with Crippen LogP contribution < -0.4 is 10.6 Å². The van der Waals surface area contributed by atoms with Gasteiger partial charge in [0.25, 0.3) is 0 Å². The second kappa shape index (κ2) is 9.13. The first kappa shape index (κ1) is 17.3. The number of rotatable bonds is 7. The summed E-state index contributed by atoms with van der Waals surface area (Å²) in [5.41, 5.74) is 1.07. The zero-order valence-corrected chi connectivity index (χ0v) is 13.9. The van der Waals surface area contributed by atoms with Crippen molar-refractivity contribution in [1.82, 2.24) is 10.6 Å². The molecule has 1 saturated heterocycles. The summed E-state index contributed by atoms with van der Waals surface area (Å²) in [6.45, 7) is 2.64. The fourth-order valence-corrected chi connectivity index (χ4v) is 2.98. The highest BCUT2D eigenvalue weighted by molar-refractivity contribution is 6.30. The quantitative estimate of drug-likeness (QED) is 0.811. The highest BCUT2D eigenvalue weighted by Gasteiger charge is 2.20. The molecule has 1 atom stereocenters. The highest BCUT2D eigenvalue weighted by Crippen LogP contribution is 2.21. The van der Waals surface area contributed by atoms with E-state index in [1.165, 1.54) is 0 Å². The van der Waals surface area contributed by atoms with Crippen molar-refractivity contribution in [3.05, 3.63) is 34.9 Å². The molecule has 1 aromatic carbocycles. The number of methoxy groups -OCH3 is 1. The number of carbonyl (C=O) groups excluding carboxylic acids is 1. The van der Waals surface area contributed by atoms with Crippen LogP contribution in [-0.4, -0.2) is 32.7 Å². The summed E-state index contributed by atoms with van der Waals surface area (Å²) < 4.78 is 5.16. The summed E-state index contributed by atoms with van der Waals surface area (Å²) in [6, 6.07) is 7.62. The molecule has 0 bridgehead atoms. The van der Waals surface area contributed by atoms with E-state index in [1.807, 2.05) is 24.3 Å². The van der Waals surface area contributed by atoms with Crippen LogP contribution in [-0.2, 0) is 9.53 Å². The maximum atomic E-state index is 12.3. The Kier molecular flexibility index (Phi) is 7.16. The monoisotopic (exact) mass is 324 g/mol. The zero-order valence-electron chi connectivity index (χ0n) is 13.1. The molecule has 1 aliphatic heterocycles. The smallest absolute Gasteiger partial charge is 0.220 e. The molecule has 0 aliphatic carbocycles. The van der Waals surface area contributed by atoms with E-state index in [9.17, 15) is 4.79 Å². The van der Waals surface area contributed by atoms with E-state index < -0.39 is 0 Å². The molecular formula is C17H25ClN2O2. The third-order valence-electron chi connectivity index (χ3n) is 4.15. The molecule has 1 amide bonds. The van der Waals surface area contributed by atoms with Gasteiger partial charge in [0.05, 0.1) is 6.04 Å². The lowest BCUT2D eigenvalue weighted by Crippen LogP contribution is -2.34. The van der Waals surface area contributed by atoms with E-state index in [2.05, 4.69) is 10.6 Å². The van der Waals surface area contributed by atoms with Crippen LogP contribution in [0, 0.1) is 5.92 Å². The molecule has 0 unspecified atom stereocenters. The van der Waals surface area contributed by atoms with Crippen LogP contribution in [0.25, 0.3) is 0 Å². The predicted molar refractivity (Wildman–Crippen MR) is 89.0 cm³/mol. The predicted octanol–water partition coefficient (Wildman–Crippen LogP) is 2.92. The minimum absolute atomic E-state index is 0.0218. The largest absolute Gasteiger partial charge is 0.385 e. The van der Waals surface area contributed by atoms with Crippen LogP contribution in [0.2, 0.25) is 5.02 Å². The lowest BCUT2D eigenvalue weighted by atomic mass is 9.94. The molecule has 1 fully saturated rings. The molecule has 2 N–H and O–H groups in total. The first-order valence-corrected chi connectivity index (χ1v) is 8.31. The number of amides is 1. The Bertz CT molecular complexity index is 458. The number of hydrogen-bond donors (Lipinski definition) is 2. The Labute approximate surface area is 137 Å². The summed E-state index contributed by atoms with van der Waals surface area (Å²) >= 11 is 5.94. The summed E-state index contributed by atoms with van der Waals surface area (Å²) in [5.74, 6) is 0.623. The third-order valence-corrected chi connectivity index (χ3v) is 4.40. The number of halogens is 1. The Morgan fingerprint density at radius 3 is 2.68 bits per heavy atom. The average Bonchev–Trinajstić information content (AvgIpc) is 2.53. The normalized spacial score (nSPS) is 17.2. The Morgan fingerprint density at radius 1 is 1.36 bits per heavy atom. The van der Waals surface area contributed by atoms with Gasteiger partial charge < -0.3 is 15.4 Å². The molecule has 1 heterocycles. The van der Waals surface area contributed by atoms with Gasteiger partial charge in [0, 0.05) is 25.2 Å². The van der Waals surface area contributed by atoms with Crippen molar-refractivity contribution < 1.29 is 9.53 Å². The topological polar surface area (TPSA) is 50.4 Å². The molecule has 22 heavy (non-hydrogen) atoms. The van der Waals surface area contributed by atoms with Crippen molar-refractivity contribution in [2.45, 2.75) is 31.7 Å². The SMILES string of the molecule is COCC[C@@H](NC(=O)CC1CCNCC1)c1ccc(Cl)cc1. The Morgan fingerprint density at radius 2 is 2.05 bits per heavy atom. The second-order valence-corrected chi connectivity index (χ2v) is 6.29. The number of nitrogens with one attached hydrogen (secondary N) is 2. The Hall–Kier alpha value is -1.10. The summed E-state index contributed by atoms with van der Waals surface area (Å²) in [6.07, 6.45) is 3.53. The van der Waals surface area contributed by atoms with E-state index >= 15 is 0 Å². The molecule has 4 nitrogen and oxygen atoms in total. The maximum absolute atomic E-state index is 12.3. The standard InChI is InChI=1S/C17H25ClN2O2/c1-22-11-8-16(14-2-4-15(18)5-3-14)20-17(21)12-13-6-9-19-10-7-13/h2-5,13,16,19H,6-12H2,1H3,(H,20,21)/t16-/m1/s1. The molecule has 2 rings (SSSR count). The van der Waals surface area contributed by atoms with Crippen molar-refractivity contribution >= 4 is 17.5 Å². The molecule has 122 valence electrons. The van der Waals surface area contributed by atoms with Gasteiger partial charge in [-0.2, -0.15) is 0 Å². The van der Waals surface area contributed by atoms with E-state index in [0.717, 1.165) is 37.9 Å². The molecule has 5 heteroatoms. The van der Waals surface area contributed by atoms with Gasteiger partial charge in [0.1, 0.15) is 0 Å². The number of hydrogen-bond acceptors (Lipinski definition) is 3. The molecule has 0 aromatic heterocycles. The number of benzene rings is 1. The fraction of sp³-hybridized carbons (Fsp3) is 0.588. The minimum atomic E-state index is -0.0218. The van der Waals surface area contributed by atoms with Crippen LogP contribution in [0.5, 0.6) is 0 Å². The van der Waals surface area contributed by atoms with Gasteiger partial charge in [-0.05, 0) is 56.0 Å². The highest BCUT2D eigenvalue weighted by atomic mass is 35.5. The first-order valence-electron chi connectivity index (χ1n) is 7.93. The van der Waals surface area contributed by atoms with Crippen molar-refractivity contribution in [1.29, 1.82) is 0 Å². The van der Waals surface area contributed by atoms with E-state index in [4.69, 9.17) is 16.3 Å². The van der Waals surface area contributed by atoms with Gasteiger partial charge >= 0.3 is 0 Å².